The number of rotatable bonds is 4. The molecule has 0 radical (unpaired) electrons. The van der Waals surface area contributed by atoms with Crippen molar-refractivity contribution < 1.29 is 14.3 Å². The lowest BCUT2D eigenvalue weighted by Gasteiger charge is -2.46. The molecule has 5 nitrogen and oxygen atoms in total. The first-order chi connectivity index (χ1) is 10.7. The van der Waals surface area contributed by atoms with E-state index in [0.717, 1.165) is 31.6 Å². The summed E-state index contributed by atoms with van der Waals surface area (Å²) >= 11 is 0. The van der Waals surface area contributed by atoms with Gasteiger partial charge in [0.15, 0.2) is 0 Å². The number of likely N-dealkylation sites (N-methyl/N-ethyl adjacent to an activating group) is 1. The first-order valence-corrected chi connectivity index (χ1v) is 7.96. The van der Waals surface area contributed by atoms with Gasteiger partial charge in [-0.15, -0.1) is 0 Å². The van der Waals surface area contributed by atoms with Gasteiger partial charge in [-0.1, -0.05) is 30.3 Å². The van der Waals surface area contributed by atoms with Crippen molar-refractivity contribution in [2.75, 3.05) is 26.8 Å². The molecule has 2 fully saturated rings. The molecule has 1 aromatic carbocycles. The van der Waals surface area contributed by atoms with Crippen LogP contribution in [0.5, 0.6) is 0 Å². The highest BCUT2D eigenvalue weighted by Gasteiger charge is 2.36. The number of alkyl carbamates (subject to hydrolysis) is 1. The van der Waals surface area contributed by atoms with Crippen LogP contribution < -0.4 is 5.32 Å². The lowest BCUT2D eigenvalue weighted by Crippen LogP contribution is -2.56. The average molecular weight is 304 g/mol. The van der Waals surface area contributed by atoms with Crippen LogP contribution in [0.4, 0.5) is 4.79 Å². The molecule has 3 rings (SSSR count). The normalized spacial score (nSPS) is 28.1. The van der Waals surface area contributed by atoms with E-state index in [2.05, 4.69) is 17.3 Å². The summed E-state index contributed by atoms with van der Waals surface area (Å²) in [6, 6.07) is 10.7. The maximum atomic E-state index is 11.8. The number of amides is 1. The zero-order valence-electron chi connectivity index (χ0n) is 13.0. The van der Waals surface area contributed by atoms with Crippen LogP contribution in [0, 0.1) is 5.92 Å². The maximum Gasteiger partial charge on any atom is 0.407 e. The van der Waals surface area contributed by atoms with Gasteiger partial charge in [-0.05, 0) is 31.4 Å². The number of benzene rings is 1. The first-order valence-electron chi connectivity index (χ1n) is 7.96. The van der Waals surface area contributed by atoms with Crippen LogP contribution in [0.15, 0.2) is 30.3 Å². The minimum absolute atomic E-state index is 0.319. The van der Waals surface area contributed by atoms with Crippen molar-refractivity contribution in [2.45, 2.75) is 31.5 Å². The molecule has 1 N–H and O–H groups in total. The molecule has 2 saturated heterocycles. The predicted octanol–water partition coefficient (Wildman–Crippen LogP) is 2.02. The van der Waals surface area contributed by atoms with Crippen molar-refractivity contribution in [3.8, 4) is 0 Å². The minimum Gasteiger partial charge on any atom is -0.445 e. The summed E-state index contributed by atoms with van der Waals surface area (Å²) in [4.78, 5) is 14.2. The van der Waals surface area contributed by atoms with E-state index in [9.17, 15) is 4.79 Å². The van der Waals surface area contributed by atoms with Gasteiger partial charge in [-0.3, -0.25) is 4.90 Å². The quantitative estimate of drug-likeness (QED) is 0.924. The molecule has 2 atom stereocenters. The number of fused-ring (bicyclic) bond motifs is 2. The van der Waals surface area contributed by atoms with Gasteiger partial charge in [-0.2, -0.15) is 0 Å². The zero-order chi connectivity index (χ0) is 15.4. The van der Waals surface area contributed by atoms with Gasteiger partial charge < -0.3 is 14.8 Å². The molecular weight excluding hydrogens is 280 g/mol. The van der Waals surface area contributed by atoms with Gasteiger partial charge in [0.25, 0.3) is 0 Å². The summed E-state index contributed by atoms with van der Waals surface area (Å²) in [7, 11) is 2.18. The lowest BCUT2D eigenvalue weighted by atomic mass is 9.85. The summed E-state index contributed by atoms with van der Waals surface area (Å²) in [5, 5.41) is 2.91. The van der Waals surface area contributed by atoms with Gasteiger partial charge in [0.2, 0.25) is 0 Å². The Kier molecular flexibility index (Phi) is 4.95. The fourth-order valence-corrected chi connectivity index (χ4v) is 3.38. The van der Waals surface area contributed by atoms with Crippen molar-refractivity contribution in [3.63, 3.8) is 0 Å². The molecule has 1 amide bonds. The third-order valence-corrected chi connectivity index (χ3v) is 4.73. The molecule has 5 heteroatoms. The van der Waals surface area contributed by atoms with Crippen molar-refractivity contribution >= 4 is 6.09 Å². The van der Waals surface area contributed by atoms with E-state index >= 15 is 0 Å². The van der Waals surface area contributed by atoms with Crippen LogP contribution >= 0.6 is 0 Å². The molecule has 0 aliphatic carbocycles. The number of carbonyl (C=O) groups excluding carboxylic acids is 1. The molecule has 0 aromatic heterocycles. The highest BCUT2D eigenvalue weighted by atomic mass is 16.5. The molecule has 2 heterocycles. The van der Waals surface area contributed by atoms with Gasteiger partial charge in [0, 0.05) is 18.6 Å². The zero-order valence-corrected chi connectivity index (χ0v) is 13.0. The van der Waals surface area contributed by atoms with Crippen LogP contribution in [-0.2, 0) is 16.1 Å². The van der Waals surface area contributed by atoms with Gasteiger partial charge in [0.05, 0.1) is 13.2 Å². The molecule has 1 aromatic rings. The molecule has 2 unspecified atom stereocenters. The Labute approximate surface area is 131 Å². The van der Waals surface area contributed by atoms with E-state index in [1.807, 2.05) is 30.3 Å². The summed E-state index contributed by atoms with van der Waals surface area (Å²) in [6.07, 6.45) is 1.82. The molecular formula is C17H24N2O3. The predicted molar refractivity (Wildman–Crippen MR) is 83.5 cm³/mol. The number of hydrogen-bond donors (Lipinski definition) is 1. The Bertz CT molecular complexity index is 480. The monoisotopic (exact) mass is 304 g/mol. The number of nitrogens with zero attached hydrogens (tertiary/aromatic N) is 1. The Morgan fingerprint density at radius 1 is 1.27 bits per heavy atom. The third-order valence-electron chi connectivity index (χ3n) is 4.73. The number of hydrogen-bond acceptors (Lipinski definition) is 4. The van der Waals surface area contributed by atoms with E-state index in [4.69, 9.17) is 9.47 Å². The standard InChI is InChI=1S/C17H24N2O3/c1-19-15-7-14(8-16(19)12-21-11-15)9-18-17(20)22-10-13-5-3-2-4-6-13/h2-6,14-16H,7-12H2,1H3,(H,18,20). The molecule has 2 aliphatic rings. The second-order valence-corrected chi connectivity index (χ2v) is 6.29. The molecule has 0 spiro atoms. The Hall–Kier alpha value is -1.59. The van der Waals surface area contributed by atoms with E-state index in [-0.39, 0.29) is 6.09 Å². The van der Waals surface area contributed by atoms with Crippen molar-refractivity contribution in [3.05, 3.63) is 35.9 Å². The molecule has 2 bridgehead atoms. The molecule has 2 aliphatic heterocycles. The lowest BCUT2D eigenvalue weighted by molar-refractivity contribution is -0.0742. The van der Waals surface area contributed by atoms with E-state index in [1.54, 1.807) is 0 Å². The second-order valence-electron chi connectivity index (χ2n) is 6.29. The first kappa shape index (κ1) is 15.3. The Morgan fingerprint density at radius 3 is 2.64 bits per heavy atom. The highest BCUT2D eigenvalue weighted by Crippen LogP contribution is 2.29. The molecule has 120 valence electrons. The maximum absolute atomic E-state index is 11.8. The van der Waals surface area contributed by atoms with Crippen LogP contribution in [0.2, 0.25) is 0 Å². The second kappa shape index (κ2) is 7.11. The number of morpholine rings is 1. The smallest absolute Gasteiger partial charge is 0.407 e. The van der Waals surface area contributed by atoms with E-state index in [1.165, 1.54) is 0 Å². The van der Waals surface area contributed by atoms with Crippen molar-refractivity contribution in [1.29, 1.82) is 0 Å². The highest BCUT2D eigenvalue weighted by molar-refractivity contribution is 5.67. The number of nitrogens with one attached hydrogen (secondary N) is 1. The minimum atomic E-state index is -0.329. The van der Waals surface area contributed by atoms with Crippen LogP contribution in [0.3, 0.4) is 0 Å². The van der Waals surface area contributed by atoms with E-state index in [0.29, 0.717) is 31.2 Å². The fourth-order valence-electron chi connectivity index (χ4n) is 3.38. The van der Waals surface area contributed by atoms with Crippen LogP contribution in [-0.4, -0.2) is 49.9 Å². The summed E-state index contributed by atoms with van der Waals surface area (Å²) in [6.45, 7) is 2.62. The fraction of sp³-hybridized carbons (Fsp3) is 0.588. The van der Waals surface area contributed by atoms with Gasteiger partial charge in [0.1, 0.15) is 6.61 Å². The van der Waals surface area contributed by atoms with Gasteiger partial charge in [-0.25, -0.2) is 4.79 Å². The Balaban J connectivity index is 1.40. The SMILES string of the molecule is CN1C2COCC1CC(CNC(=O)OCc1ccccc1)C2. The van der Waals surface area contributed by atoms with Crippen molar-refractivity contribution in [2.24, 2.45) is 5.92 Å². The molecule has 22 heavy (non-hydrogen) atoms. The van der Waals surface area contributed by atoms with E-state index < -0.39 is 0 Å². The third kappa shape index (κ3) is 3.78. The van der Waals surface area contributed by atoms with Crippen molar-refractivity contribution in [1.82, 2.24) is 10.2 Å². The largest absolute Gasteiger partial charge is 0.445 e. The summed E-state index contributed by atoms with van der Waals surface area (Å²) < 4.78 is 10.9. The van der Waals surface area contributed by atoms with Crippen LogP contribution in [0.1, 0.15) is 18.4 Å². The Morgan fingerprint density at radius 2 is 1.95 bits per heavy atom. The number of ether oxygens (including phenoxy) is 2. The van der Waals surface area contributed by atoms with Crippen LogP contribution in [0.25, 0.3) is 0 Å². The summed E-state index contributed by atoms with van der Waals surface area (Å²) in [5.41, 5.74) is 1.00. The topological polar surface area (TPSA) is 50.8 Å². The van der Waals surface area contributed by atoms with Gasteiger partial charge >= 0.3 is 6.09 Å². The average Bonchev–Trinajstić information content (AvgIpc) is 2.52. The number of carbonyl (C=O) groups is 1. The number of piperidine rings is 1. The summed E-state index contributed by atoms with van der Waals surface area (Å²) in [5.74, 6) is 0.513. The molecule has 0 saturated carbocycles.